The summed E-state index contributed by atoms with van der Waals surface area (Å²) >= 11 is 0. The zero-order valence-electron chi connectivity index (χ0n) is 8.15. The van der Waals surface area contributed by atoms with Crippen molar-refractivity contribution >= 4 is 11.9 Å². The normalized spacial score (nSPS) is 33.5. The fourth-order valence-corrected chi connectivity index (χ4v) is 1.95. The molecule has 0 spiro atoms. The SMILES string of the molecule is CC(=O)N1[C@H](C)[C@H](C)C[C@H]1C(=O)O. The molecule has 1 rings (SSSR count). The molecule has 1 fully saturated rings. The molecule has 0 aromatic heterocycles. The molecule has 0 bridgehead atoms. The number of carboxylic acids is 1. The molecule has 13 heavy (non-hydrogen) atoms. The van der Waals surface area contributed by atoms with Crippen LogP contribution < -0.4 is 0 Å². The zero-order valence-corrected chi connectivity index (χ0v) is 8.15. The average Bonchev–Trinajstić information content (AvgIpc) is 2.28. The first-order valence-electron chi connectivity index (χ1n) is 4.47. The molecule has 0 saturated carbocycles. The first-order chi connectivity index (χ1) is 5.95. The number of carboxylic acid groups (broad SMARTS) is 1. The van der Waals surface area contributed by atoms with Crippen molar-refractivity contribution in [3.05, 3.63) is 0 Å². The Bertz CT molecular complexity index is 239. The van der Waals surface area contributed by atoms with Crippen molar-refractivity contribution in [2.24, 2.45) is 5.92 Å². The van der Waals surface area contributed by atoms with Crippen molar-refractivity contribution in [2.75, 3.05) is 0 Å². The van der Waals surface area contributed by atoms with Gasteiger partial charge in [0.1, 0.15) is 6.04 Å². The zero-order chi connectivity index (χ0) is 10.2. The van der Waals surface area contributed by atoms with Crippen molar-refractivity contribution < 1.29 is 14.7 Å². The monoisotopic (exact) mass is 185 g/mol. The van der Waals surface area contributed by atoms with Crippen LogP contribution in [0.25, 0.3) is 0 Å². The van der Waals surface area contributed by atoms with Crippen LogP contribution in [0.15, 0.2) is 0 Å². The molecular formula is C9H15NO3. The molecule has 74 valence electrons. The molecule has 1 aliphatic heterocycles. The molecule has 0 aromatic rings. The first-order valence-corrected chi connectivity index (χ1v) is 4.47. The summed E-state index contributed by atoms with van der Waals surface area (Å²) in [5, 5.41) is 8.87. The molecule has 1 heterocycles. The summed E-state index contributed by atoms with van der Waals surface area (Å²) in [6.45, 7) is 5.29. The van der Waals surface area contributed by atoms with Crippen LogP contribution in [0.1, 0.15) is 27.2 Å². The van der Waals surface area contributed by atoms with Crippen molar-refractivity contribution in [1.29, 1.82) is 0 Å². The number of aliphatic carboxylic acids is 1. The fraction of sp³-hybridized carbons (Fsp3) is 0.778. The molecule has 3 atom stereocenters. The van der Waals surface area contributed by atoms with Crippen LogP contribution in [0.2, 0.25) is 0 Å². The molecule has 0 unspecified atom stereocenters. The van der Waals surface area contributed by atoms with Gasteiger partial charge in [0, 0.05) is 13.0 Å². The standard InChI is InChI=1S/C9H15NO3/c1-5-4-8(9(12)13)10(6(5)2)7(3)11/h5-6,8H,4H2,1-3H3,(H,12,13)/t5-,6-,8+/m1/s1. The van der Waals surface area contributed by atoms with Crippen LogP contribution in [0, 0.1) is 5.92 Å². The van der Waals surface area contributed by atoms with Gasteiger partial charge in [-0.1, -0.05) is 6.92 Å². The summed E-state index contributed by atoms with van der Waals surface area (Å²) < 4.78 is 0. The van der Waals surface area contributed by atoms with Crippen LogP contribution in [0.3, 0.4) is 0 Å². The second-order valence-electron chi connectivity index (χ2n) is 3.73. The van der Waals surface area contributed by atoms with Crippen molar-refractivity contribution in [2.45, 2.75) is 39.3 Å². The quantitative estimate of drug-likeness (QED) is 0.654. The van der Waals surface area contributed by atoms with Gasteiger partial charge in [0.25, 0.3) is 0 Å². The van der Waals surface area contributed by atoms with Crippen molar-refractivity contribution in [1.82, 2.24) is 4.90 Å². The third kappa shape index (κ3) is 1.66. The first kappa shape index (κ1) is 10.0. The number of likely N-dealkylation sites (tertiary alicyclic amines) is 1. The van der Waals surface area contributed by atoms with Gasteiger partial charge in [-0.2, -0.15) is 0 Å². The maximum absolute atomic E-state index is 11.2. The Morgan fingerprint density at radius 2 is 1.92 bits per heavy atom. The Morgan fingerprint density at radius 1 is 1.38 bits per heavy atom. The van der Waals surface area contributed by atoms with E-state index in [-0.39, 0.29) is 17.9 Å². The Kier molecular flexibility index (Phi) is 2.59. The molecule has 1 aliphatic rings. The van der Waals surface area contributed by atoms with E-state index >= 15 is 0 Å². The van der Waals surface area contributed by atoms with E-state index in [2.05, 4.69) is 0 Å². The van der Waals surface area contributed by atoms with Crippen molar-refractivity contribution in [3.63, 3.8) is 0 Å². The van der Waals surface area contributed by atoms with E-state index in [4.69, 9.17) is 5.11 Å². The highest BCUT2D eigenvalue weighted by Gasteiger charge is 2.41. The number of hydrogen-bond donors (Lipinski definition) is 1. The minimum Gasteiger partial charge on any atom is -0.480 e. The molecule has 0 aliphatic carbocycles. The highest BCUT2D eigenvalue weighted by Crippen LogP contribution is 2.29. The highest BCUT2D eigenvalue weighted by molar-refractivity contribution is 5.83. The predicted molar refractivity (Wildman–Crippen MR) is 47.2 cm³/mol. The maximum Gasteiger partial charge on any atom is 0.326 e. The van der Waals surface area contributed by atoms with E-state index in [0.29, 0.717) is 6.42 Å². The number of carbonyl (C=O) groups excluding carboxylic acids is 1. The molecule has 4 heteroatoms. The second-order valence-corrected chi connectivity index (χ2v) is 3.73. The predicted octanol–water partition coefficient (Wildman–Crippen LogP) is 0.716. The summed E-state index contributed by atoms with van der Waals surface area (Å²) in [6.07, 6.45) is 0.566. The maximum atomic E-state index is 11.2. The molecule has 1 N–H and O–H groups in total. The van der Waals surface area contributed by atoms with Crippen LogP contribution in [0.4, 0.5) is 0 Å². The Balaban J connectivity index is 2.86. The van der Waals surface area contributed by atoms with E-state index < -0.39 is 12.0 Å². The van der Waals surface area contributed by atoms with Gasteiger partial charge >= 0.3 is 5.97 Å². The third-order valence-electron chi connectivity index (χ3n) is 2.84. The van der Waals surface area contributed by atoms with Crippen LogP contribution in [0.5, 0.6) is 0 Å². The number of amides is 1. The lowest BCUT2D eigenvalue weighted by molar-refractivity contribution is -0.148. The summed E-state index contributed by atoms with van der Waals surface area (Å²) in [4.78, 5) is 23.5. The van der Waals surface area contributed by atoms with Gasteiger partial charge in [-0.15, -0.1) is 0 Å². The van der Waals surface area contributed by atoms with E-state index in [1.54, 1.807) is 0 Å². The minimum atomic E-state index is -0.897. The summed E-state index contributed by atoms with van der Waals surface area (Å²) in [5.41, 5.74) is 0. The van der Waals surface area contributed by atoms with Gasteiger partial charge in [0.05, 0.1) is 0 Å². The van der Waals surface area contributed by atoms with Crippen LogP contribution >= 0.6 is 0 Å². The number of hydrogen-bond acceptors (Lipinski definition) is 2. The summed E-state index contributed by atoms with van der Waals surface area (Å²) in [7, 11) is 0. The van der Waals surface area contributed by atoms with E-state index in [1.807, 2.05) is 13.8 Å². The van der Waals surface area contributed by atoms with Crippen LogP contribution in [-0.4, -0.2) is 34.0 Å². The molecule has 0 aromatic carbocycles. The second kappa shape index (κ2) is 3.36. The van der Waals surface area contributed by atoms with Crippen molar-refractivity contribution in [3.8, 4) is 0 Å². The number of carbonyl (C=O) groups is 2. The Labute approximate surface area is 77.5 Å². The summed E-state index contributed by atoms with van der Waals surface area (Å²) in [6, 6.07) is -0.582. The average molecular weight is 185 g/mol. The van der Waals surface area contributed by atoms with E-state index in [1.165, 1.54) is 11.8 Å². The van der Waals surface area contributed by atoms with Gasteiger partial charge in [0.2, 0.25) is 5.91 Å². The van der Waals surface area contributed by atoms with Crippen LogP contribution in [-0.2, 0) is 9.59 Å². The third-order valence-corrected chi connectivity index (χ3v) is 2.84. The Morgan fingerprint density at radius 3 is 2.23 bits per heavy atom. The lowest BCUT2D eigenvalue weighted by Gasteiger charge is -2.25. The number of rotatable bonds is 1. The summed E-state index contributed by atoms with van der Waals surface area (Å²) in [5.74, 6) is -0.777. The molecule has 1 saturated heterocycles. The van der Waals surface area contributed by atoms with E-state index in [0.717, 1.165) is 0 Å². The fourth-order valence-electron chi connectivity index (χ4n) is 1.95. The molecular weight excluding hydrogens is 170 g/mol. The molecule has 1 amide bonds. The molecule has 0 radical (unpaired) electrons. The highest BCUT2D eigenvalue weighted by atomic mass is 16.4. The smallest absolute Gasteiger partial charge is 0.326 e. The van der Waals surface area contributed by atoms with Gasteiger partial charge in [-0.25, -0.2) is 4.79 Å². The number of nitrogens with zero attached hydrogens (tertiary/aromatic N) is 1. The lowest BCUT2D eigenvalue weighted by Crippen LogP contribution is -2.43. The topological polar surface area (TPSA) is 57.6 Å². The Hall–Kier alpha value is -1.06. The van der Waals surface area contributed by atoms with Gasteiger partial charge in [0.15, 0.2) is 0 Å². The van der Waals surface area contributed by atoms with E-state index in [9.17, 15) is 9.59 Å². The van der Waals surface area contributed by atoms with Gasteiger partial charge < -0.3 is 10.0 Å². The molecule has 4 nitrogen and oxygen atoms in total. The van der Waals surface area contributed by atoms with Gasteiger partial charge in [-0.05, 0) is 19.3 Å². The largest absolute Gasteiger partial charge is 0.480 e. The van der Waals surface area contributed by atoms with Gasteiger partial charge in [-0.3, -0.25) is 4.79 Å². The minimum absolute atomic E-state index is 0.0404. The lowest BCUT2D eigenvalue weighted by atomic mass is 10.0.